The minimum absolute atomic E-state index is 0.899. The van der Waals surface area contributed by atoms with Crippen LogP contribution in [0.15, 0.2) is 24.3 Å². The van der Waals surface area contributed by atoms with Crippen LogP contribution >= 0.6 is 11.5 Å². The van der Waals surface area contributed by atoms with Gasteiger partial charge in [0.25, 0.3) is 0 Å². The molecule has 2 rings (SSSR count). The molecule has 17 heavy (non-hydrogen) atoms. The van der Waals surface area contributed by atoms with Crippen LogP contribution in [0.1, 0.15) is 23.9 Å². The summed E-state index contributed by atoms with van der Waals surface area (Å²) in [6.07, 6.45) is 1.92. The molecule has 0 radical (unpaired) electrons. The molecule has 4 heteroatoms. The smallest absolute Gasteiger partial charge is 0.202 e. The van der Waals surface area contributed by atoms with Crippen molar-refractivity contribution in [3.05, 3.63) is 41.2 Å². The number of hydrogen-bond donors (Lipinski definition) is 1. The number of anilines is 1. The van der Waals surface area contributed by atoms with Crippen LogP contribution in [0.25, 0.3) is 0 Å². The first-order valence-electron chi connectivity index (χ1n) is 5.90. The Kier molecular flexibility index (Phi) is 4.09. The summed E-state index contributed by atoms with van der Waals surface area (Å²) in [5.41, 5.74) is 2.67. The van der Waals surface area contributed by atoms with E-state index in [1.54, 1.807) is 0 Å². The maximum Gasteiger partial charge on any atom is 0.202 e. The van der Waals surface area contributed by atoms with Gasteiger partial charge in [0.2, 0.25) is 5.13 Å². The number of nitrogens with zero attached hydrogens (tertiary/aromatic N) is 2. The summed E-state index contributed by atoms with van der Waals surface area (Å²) in [4.78, 5) is 4.37. The Labute approximate surface area is 106 Å². The fraction of sp³-hybridized carbons (Fsp3) is 0.385. The molecule has 0 amide bonds. The van der Waals surface area contributed by atoms with Gasteiger partial charge >= 0.3 is 0 Å². The van der Waals surface area contributed by atoms with Gasteiger partial charge in [0.15, 0.2) is 0 Å². The number of aromatic nitrogens is 2. The van der Waals surface area contributed by atoms with E-state index in [9.17, 15) is 0 Å². The number of nitrogens with one attached hydrogen (secondary N) is 1. The number of hydrogen-bond acceptors (Lipinski definition) is 4. The third-order valence-corrected chi connectivity index (χ3v) is 3.27. The van der Waals surface area contributed by atoms with Crippen LogP contribution in [0.2, 0.25) is 0 Å². The zero-order chi connectivity index (χ0) is 12.1. The van der Waals surface area contributed by atoms with Gasteiger partial charge in [-0.15, -0.1) is 0 Å². The first-order chi connectivity index (χ1) is 8.28. The monoisotopic (exact) mass is 247 g/mol. The van der Waals surface area contributed by atoms with Gasteiger partial charge in [-0.25, -0.2) is 4.98 Å². The van der Waals surface area contributed by atoms with Gasteiger partial charge in [-0.3, -0.25) is 0 Å². The van der Waals surface area contributed by atoms with Gasteiger partial charge in [-0.1, -0.05) is 36.8 Å². The van der Waals surface area contributed by atoms with E-state index >= 15 is 0 Å². The van der Waals surface area contributed by atoms with Crippen molar-refractivity contribution in [1.29, 1.82) is 0 Å². The second-order valence-electron chi connectivity index (χ2n) is 4.04. The molecule has 1 aromatic carbocycles. The average molecular weight is 247 g/mol. The summed E-state index contributed by atoms with van der Waals surface area (Å²) >= 11 is 1.44. The van der Waals surface area contributed by atoms with Crippen LogP contribution in [-0.4, -0.2) is 15.9 Å². The zero-order valence-electron chi connectivity index (χ0n) is 10.2. The second kappa shape index (κ2) is 5.77. The van der Waals surface area contributed by atoms with E-state index in [2.05, 4.69) is 52.8 Å². The summed E-state index contributed by atoms with van der Waals surface area (Å²) in [5.74, 6) is 0.924. The van der Waals surface area contributed by atoms with E-state index in [1.807, 2.05) is 0 Å². The van der Waals surface area contributed by atoms with Crippen molar-refractivity contribution in [3.8, 4) is 0 Å². The van der Waals surface area contributed by atoms with Gasteiger partial charge in [-0.05, 0) is 18.9 Å². The molecular weight excluding hydrogens is 230 g/mol. The molecule has 0 aliphatic rings. The normalized spacial score (nSPS) is 10.5. The Morgan fingerprint density at radius 3 is 2.94 bits per heavy atom. The maximum atomic E-state index is 4.37. The van der Waals surface area contributed by atoms with Gasteiger partial charge in [-0.2, -0.15) is 4.37 Å². The molecule has 1 N–H and O–H groups in total. The quantitative estimate of drug-likeness (QED) is 0.882. The molecule has 0 aliphatic carbocycles. The predicted octanol–water partition coefficient (Wildman–Crippen LogP) is 3.06. The molecule has 2 aromatic rings. The molecule has 0 unspecified atom stereocenters. The highest BCUT2D eigenvalue weighted by atomic mass is 32.1. The molecule has 0 spiro atoms. The lowest BCUT2D eigenvalue weighted by molar-refractivity contribution is 0.977. The molecular formula is C13H17N3S. The topological polar surface area (TPSA) is 37.8 Å². The van der Waals surface area contributed by atoms with Gasteiger partial charge in [0.05, 0.1) is 0 Å². The number of rotatable bonds is 5. The van der Waals surface area contributed by atoms with Crippen LogP contribution in [0.3, 0.4) is 0 Å². The molecule has 0 saturated carbocycles. The van der Waals surface area contributed by atoms with E-state index in [4.69, 9.17) is 0 Å². The van der Waals surface area contributed by atoms with Crippen LogP contribution in [0.4, 0.5) is 5.13 Å². The second-order valence-corrected chi connectivity index (χ2v) is 4.79. The minimum atomic E-state index is 0.899. The lowest BCUT2D eigenvalue weighted by Crippen LogP contribution is -2.04. The lowest BCUT2D eigenvalue weighted by atomic mass is 10.1. The molecule has 1 aromatic heterocycles. The zero-order valence-corrected chi connectivity index (χ0v) is 11.0. The summed E-state index contributed by atoms with van der Waals surface area (Å²) in [6.45, 7) is 5.09. The Balaban J connectivity index is 1.83. The molecule has 90 valence electrons. The first-order valence-corrected chi connectivity index (χ1v) is 6.67. The molecule has 0 bridgehead atoms. The van der Waals surface area contributed by atoms with Crippen molar-refractivity contribution in [2.45, 2.75) is 26.7 Å². The lowest BCUT2D eigenvalue weighted by Gasteiger charge is -2.03. The molecule has 0 fully saturated rings. The predicted molar refractivity (Wildman–Crippen MR) is 72.7 cm³/mol. The molecule has 0 aliphatic heterocycles. The van der Waals surface area contributed by atoms with Crippen LogP contribution in [0, 0.1) is 6.92 Å². The Morgan fingerprint density at radius 2 is 2.24 bits per heavy atom. The van der Waals surface area contributed by atoms with Crippen molar-refractivity contribution >= 4 is 16.7 Å². The first kappa shape index (κ1) is 12.0. The van der Waals surface area contributed by atoms with E-state index in [0.717, 1.165) is 30.3 Å². The number of benzene rings is 1. The highest BCUT2D eigenvalue weighted by Gasteiger charge is 2.01. The fourth-order valence-electron chi connectivity index (χ4n) is 1.65. The van der Waals surface area contributed by atoms with Gasteiger partial charge in [0.1, 0.15) is 5.82 Å². The maximum absolute atomic E-state index is 4.37. The summed E-state index contributed by atoms with van der Waals surface area (Å²) in [5, 5.41) is 4.24. The van der Waals surface area contributed by atoms with E-state index < -0.39 is 0 Å². The van der Waals surface area contributed by atoms with Crippen molar-refractivity contribution in [3.63, 3.8) is 0 Å². The van der Waals surface area contributed by atoms with Crippen LogP contribution in [-0.2, 0) is 12.8 Å². The van der Waals surface area contributed by atoms with E-state index in [0.29, 0.717) is 0 Å². The minimum Gasteiger partial charge on any atom is -0.360 e. The molecule has 3 nitrogen and oxygen atoms in total. The highest BCUT2D eigenvalue weighted by Crippen LogP contribution is 2.11. The van der Waals surface area contributed by atoms with Gasteiger partial charge < -0.3 is 5.32 Å². The summed E-state index contributed by atoms with van der Waals surface area (Å²) in [7, 11) is 0. The molecule has 0 saturated heterocycles. The average Bonchev–Trinajstić information content (AvgIpc) is 2.77. The summed E-state index contributed by atoms with van der Waals surface area (Å²) < 4.78 is 4.24. The van der Waals surface area contributed by atoms with E-state index in [-0.39, 0.29) is 0 Å². The highest BCUT2D eigenvalue weighted by molar-refractivity contribution is 7.09. The van der Waals surface area contributed by atoms with Crippen LogP contribution < -0.4 is 5.32 Å². The third-order valence-electron chi connectivity index (χ3n) is 2.56. The van der Waals surface area contributed by atoms with Gasteiger partial charge in [0, 0.05) is 24.5 Å². The Hall–Kier alpha value is -1.42. The third kappa shape index (κ3) is 3.53. The number of aryl methyl sites for hydroxylation is 2. The van der Waals surface area contributed by atoms with Crippen LogP contribution in [0.5, 0.6) is 0 Å². The van der Waals surface area contributed by atoms with Crippen molar-refractivity contribution in [2.24, 2.45) is 0 Å². The van der Waals surface area contributed by atoms with Crippen molar-refractivity contribution in [1.82, 2.24) is 9.36 Å². The molecule has 1 heterocycles. The standard InChI is InChI=1S/C13H17N3S/c1-3-12-15-13(17-16-12)14-8-7-11-6-4-5-10(2)9-11/h4-6,9H,3,7-8H2,1-2H3,(H,14,15,16). The van der Waals surface area contributed by atoms with Crippen molar-refractivity contribution < 1.29 is 0 Å². The van der Waals surface area contributed by atoms with E-state index in [1.165, 1.54) is 22.7 Å². The Morgan fingerprint density at radius 1 is 1.35 bits per heavy atom. The fourth-order valence-corrected chi connectivity index (χ4v) is 2.33. The SMILES string of the molecule is CCc1nsc(NCCc2cccc(C)c2)n1. The van der Waals surface area contributed by atoms with Crippen molar-refractivity contribution in [2.75, 3.05) is 11.9 Å². The summed E-state index contributed by atoms with van der Waals surface area (Å²) in [6, 6.07) is 8.60. The molecule has 0 atom stereocenters. The Bertz CT molecular complexity index is 479. The largest absolute Gasteiger partial charge is 0.360 e.